The van der Waals surface area contributed by atoms with Gasteiger partial charge in [-0.15, -0.1) is 0 Å². The van der Waals surface area contributed by atoms with E-state index >= 15 is 0 Å². The first-order chi connectivity index (χ1) is 11.5. The van der Waals surface area contributed by atoms with Crippen LogP contribution in [0.5, 0.6) is 0 Å². The maximum Gasteiger partial charge on any atom is 0.256 e. The Morgan fingerprint density at radius 1 is 1.29 bits per heavy atom. The molecule has 24 heavy (non-hydrogen) atoms. The van der Waals surface area contributed by atoms with Crippen molar-refractivity contribution in [1.29, 1.82) is 0 Å². The number of aromatic nitrogens is 2. The maximum absolute atomic E-state index is 12.5. The first-order valence-electron chi connectivity index (χ1n) is 8.26. The molecular weight excluding hydrogens is 326 g/mol. The minimum atomic E-state index is -0.563. The SMILES string of the molecule is CCC(CC)C(O)CNC(=O)c1c(C)nn(-c2ccccc2)c1Cl. The Kier molecular flexibility index (Phi) is 6.40. The molecular formula is C18H24ClN3O2. The van der Waals surface area contributed by atoms with Crippen LogP contribution in [-0.2, 0) is 0 Å². The second kappa shape index (κ2) is 8.31. The number of carbonyl (C=O) groups excluding carboxylic acids is 1. The van der Waals surface area contributed by atoms with Gasteiger partial charge in [0.1, 0.15) is 5.15 Å². The van der Waals surface area contributed by atoms with Crippen molar-refractivity contribution >= 4 is 17.5 Å². The molecule has 1 aromatic carbocycles. The highest BCUT2D eigenvalue weighted by Gasteiger charge is 2.22. The monoisotopic (exact) mass is 349 g/mol. The number of nitrogens with zero attached hydrogens (tertiary/aromatic N) is 2. The molecule has 2 aromatic rings. The summed E-state index contributed by atoms with van der Waals surface area (Å²) < 4.78 is 1.54. The number of aryl methyl sites for hydroxylation is 1. The van der Waals surface area contributed by atoms with E-state index < -0.39 is 6.10 Å². The van der Waals surface area contributed by atoms with Gasteiger partial charge in [-0.2, -0.15) is 5.10 Å². The zero-order chi connectivity index (χ0) is 17.7. The summed E-state index contributed by atoms with van der Waals surface area (Å²) in [7, 11) is 0. The molecule has 1 atom stereocenters. The number of carbonyl (C=O) groups is 1. The first kappa shape index (κ1) is 18.5. The Labute approximate surface area is 147 Å². The standard InChI is InChI=1S/C18H24ClN3O2/c1-4-13(5-2)15(23)11-20-18(24)16-12(3)21-22(17(16)19)14-9-7-6-8-10-14/h6-10,13,15,23H,4-5,11H2,1-3H3,(H,20,24). The van der Waals surface area contributed by atoms with E-state index in [0.717, 1.165) is 18.5 Å². The largest absolute Gasteiger partial charge is 0.391 e. The van der Waals surface area contributed by atoms with E-state index in [9.17, 15) is 9.90 Å². The van der Waals surface area contributed by atoms with Crippen molar-refractivity contribution in [2.75, 3.05) is 6.54 Å². The third-order valence-electron chi connectivity index (χ3n) is 4.30. The summed E-state index contributed by atoms with van der Waals surface area (Å²) in [5, 5.41) is 17.6. The van der Waals surface area contributed by atoms with Gasteiger partial charge in [-0.25, -0.2) is 4.68 Å². The van der Waals surface area contributed by atoms with Crippen LogP contribution in [0.25, 0.3) is 5.69 Å². The van der Waals surface area contributed by atoms with Crippen LogP contribution < -0.4 is 5.32 Å². The molecule has 0 bridgehead atoms. The maximum atomic E-state index is 12.5. The van der Waals surface area contributed by atoms with Crippen LogP contribution in [0.1, 0.15) is 42.7 Å². The summed E-state index contributed by atoms with van der Waals surface area (Å²) in [5.74, 6) is -0.140. The summed E-state index contributed by atoms with van der Waals surface area (Å²) in [6.07, 6.45) is 1.19. The fourth-order valence-corrected chi connectivity index (χ4v) is 3.14. The zero-order valence-corrected chi connectivity index (χ0v) is 15.0. The van der Waals surface area contributed by atoms with Gasteiger partial charge in [-0.05, 0) is 25.0 Å². The van der Waals surface area contributed by atoms with Gasteiger partial charge in [-0.3, -0.25) is 4.79 Å². The van der Waals surface area contributed by atoms with Gasteiger partial charge in [0.25, 0.3) is 5.91 Å². The molecule has 0 saturated heterocycles. The van der Waals surface area contributed by atoms with Gasteiger partial charge < -0.3 is 10.4 Å². The average molecular weight is 350 g/mol. The number of rotatable bonds is 7. The number of para-hydroxylation sites is 1. The Hall–Kier alpha value is -1.85. The molecule has 1 amide bonds. The molecule has 1 unspecified atom stereocenters. The lowest BCUT2D eigenvalue weighted by molar-refractivity contribution is 0.0816. The predicted octanol–water partition coefficient (Wildman–Crippen LogP) is 3.36. The summed E-state index contributed by atoms with van der Waals surface area (Å²) >= 11 is 6.37. The summed E-state index contributed by atoms with van der Waals surface area (Å²) in [4.78, 5) is 12.5. The van der Waals surface area contributed by atoms with E-state index in [1.807, 2.05) is 44.2 Å². The van der Waals surface area contributed by atoms with E-state index in [1.165, 1.54) is 0 Å². The second-order valence-electron chi connectivity index (χ2n) is 5.85. The van der Waals surface area contributed by atoms with Gasteiger partial charge in [0, 0.05) is 6.54 Å². The number of amides is 1. The van der Waals surface area contributed by atoms with Crippen LogP contribution in [0.3, 0.4) is 0 Å². The molecule has 5 nitrogen and oxygen atoms in total. The molecule has 0 spiro atoms. The van der Waals surface area contributed by atoms with E-state index in [2.05, 4.69) is 10.4 Å². The predicted molar refractivity (Wildman–Crippen MR) is 95.7 cm³/mol. The lowest BCUT2D eigenvalue weighted by Gasteiger charge is -2.20. The van der Waals surface area contributed by atoms with Crippen molar-refractivity contribution in [3.8, 4) is 5.69 Å². The van der Waals surface area contributed by atoms with Gasteiger partial charge in [0.05, 0.1) is 23.0 Å². The van der Waals surface area contributed by atoms with Crippen molar-refractivity contribution in [1.82, 2.24) is 15.1 Å². The van der Waals surface area contributed by atoms with Crippen molar-refractivity contribution in [3.63, 3.8) is 0 Å². The highest BCUT2D eigenvalue weighted by atomic mass is 35.5. The topological polar surface area (TPSA) is 67.2 Å². The molecule has 0 aliphatic carbocycles. The van der Waals surface area contributed by atoms with Crippen LogP contribution in [0.15, 0.2) is 30.3 Å². The molecule has 2 N–H and O–H groups in total. The minimum Gasteiger partial charge on any atom is -0.391 e. The van der Waals surface area contributed by atoms with Crippen molar-refractivity contribution in [2.24, 2.45) is 5.92 Å². The fraction of sp³-hybridized carbons (Fsp3) is 0.444. The molecule has 1 aromatic heterocycles. The van der Waals surface area contributed by atoms with E-state index in [0.29, 0.717) is 11.3 Å². The molecule has 0 radical (unpaired) electrons. The van der Waals surface area contributed by atoms with E-state index in [4.69, 9.17) is 11.6 Å². The number of hydrogen-bond acceptors (Lipinski definition) is 3. The molecule has 0 saturated carbocycles. The number of hydrogen-bond donors (Lipinski definition) is 2. The van der Waals surface area contributed by atoms with Gasteiger partial charge >= 0.3 is 0 Å². The molecule has 0 aliphatic heterocycles. The van der Waals surface area contributed by atoms with Crippen LogP contribution in [0.2, 0.25) is 5.15 Å². The lowest BCUT2D eigenvalue weighted by Crippen LogP contribution is -2.36. The lowest BCUT2D eigenvalue weighted by atomic mass is 9.96. The molecule has 0 aliphatic rings. The molecule has 1 heterocycles. The number of halogens is 1. The third-order valence-corrected chi connectivity index (χ3v) is 4.65. The second-order valence-corrected chi connectivity index (χ2v) is 6.21. The number of nitrogens with one attached hydrogen (secondary N) is 1. The zero-order valence-electron chi connectivity index (χ0n) is 14.3. The van der Waals surface area contributed by atoms with Crippen LogP contribution >= 0.6 is 11.6 Å². The highest BCUT2D eigenvalue weighted by Crippen LogP contribution is 2.23. The van der Waals surface area contributed by atoms with Gasteiger partial charge in [0.15, 0.2) is 0 Å². The van der Waals surface area contributed by atoms with Crippen LogP contribution in [0, 0.1) is 12.8 Å². The number of aliphatic hydroxyl groups excluding tert-OH is 1. The smallest absolute Gasteiger partial charge is 0.256 e. The normalized spacial score (nSPS) is 12.4. The third kappa shape index (κ3) is 3.97. The summed E-state index contributed by atoms with van der Waals surface area (Å²) in [6.45, 7) is 6.02. The van der Waals surface area contributed by atoms with Gasteiger partial charge in [0.2, 0.25) is 0 Å². The van der Waals surface area contributed by atoms with Crippen molar-refractivity contribution in [3.05, 3.63) is 46.7 Å². The number of aliphatic hydroxyl groups is 1. The number of benzene rings is 1. The Morgan fingerprint density at radius 2 is 1.92 bits per heavy atom. The highest BCUT2D eigenvalue weighted by molar-refractivity contribution is 6.33. The average Bonchev–Trinajstić information content (AvgIpc) is 2.89. The Morgan fingerprint density at radius 3 is 2.50 bits per heavy atom. The van der Waals surface area contributed by atoms with E-state index in [-0.39, 0.29) is 23.5 Å². The van der Waals surface area contributed by atoms with Crippen molar-refractivity contribution in [2.45, 2.75) is 39.7 Å². The van der Waals surface area contributed by atoms with Crippen LogP contribution in [0.4, 0.5) is 0 Å². The summed E-state index contributed by atoms with van der Waals surface area (Å²) in [5.41, 5.74) is 1.69. The van der Waals surface area contributed by atoms with Crippen molar-refractivity contribution < 1.29 is 9.90 Å². The molecule has 6 heteroatoms. The quantitative estimate of drug-likeness (QED) is 0.805. The van der Waals surface area contributed by atoms with Crippen LogP contribution in [-0.4, -0.2) is 33.4 Å². The summed E-state index contributed by atoms with van der Waals surface area (Å²) in [6, 6.07) is 9.41. The van der Waals surface area contributed by atoms with Gasteiger partial charge in [-0.1, -0.05) is 56.5 Å². The van der Waals surface area contributed by atoms with E-state index in [1.54, 1.807) is 11.6 Å². The fourth-order valence-electron chi connectivity index (χ4n) is 2.78. The minimum absolute atomic E-state index is 0.175. The molecule has 130 valence electrons. The molecule has 0 fully saturated rings. The first-order valence-corrected chi connectivity index (χ1v) is 8.64. The Bertz CT molecular complexity index is 681. The Balaban J connectivity index is 2.15. The molecule has 2 rings (SSSR count).